The fraction of sp³-hybridized carbons (Fsp3) is 0.400. The molecule has 0 spiro atoms. The van der Waals surface area contributed by atoms with Crippen molar-refractivity contribution in [3.05, 3.63) is 34.0 Å². The van der Waals surface area contributed by atoms with E-state index in [0.717, 1.165) is 5.56 Å². The Balaban J connectivity index is 2.55. The van der Waals surface area contributed by atoms with Gasteiger partial charge in [-0.3, -0.25) is 0 Å². The number of rotatable bonds is 4. The highest BCUT2D eigenvalue weighted by Crippen LogP contribution is 2.32. The smallest absolute Gasteiger partial charge is 0.264 e. The van der Waals surface area contributed by atoms with E-state index in [1.54, 1.807) is 40.9 Å². The summed E-state index contributed by atoms with van der Waals surface area (Å²) in [4.78, 5) is 0.235. The summed E-state index contributed by atoms with van der Waals surface area (Å²) in [7, 11) is -2.21. The zero-order valence-electron chi connectivity index (χ0n) is 13.6. The van der Waals surface area contributed by atoms with Crippen LogP contribution in [0, 0.1) is 34.6 Å². The fourth-order valence-corrected chi connectivity index (χ4v) is 3.91. The number of nitrogens with one attached hydrogen (secondary N) is 1. The molecule has 0 aliphatic rings. The Morgan fingerprint density at radius 3 is 2.23 bits per heavy atom. The summed E-state index contributed by atoms with van der Waals surface area (Å²) in [6.45, 7) is 8.84. The van der Waals surface area contributed by atoms with E-state index in [-0.39, 0.29) is 10.8 Å². The first-order valence-electron chi connectivity index (χ1n) is 6.79. The molecule has 0 bridgehead atoms. The SMILES string of the molecule is COc1cc(C)c(S(=O)(=O)Nc2onc(C)c2C)c(C)c1C. The van der Waals surface area contributed by atoms with Gasteiger partial charge in [0.25, 0.3) is 10.0 Å². The minimum absolute atomic E-state index is 0.143. The molecule has 0 radical (unpaired) electrons. The van der Waals surface area contributed by atoms with Crippen LogP contribution < -0.4 is 9.46 Å². The second kappa shape index (κ2) is 5.64. The van der Waals surface area contributed by atoms with Gasteiger partial charge in [0, 0.05) is 5.56 Å². The number of sulfonamides is 1. The predicted molar refractivity (Wildman–Crippen MR) is 84.0 cm³/mol. The zero-order valence-corrected chi connectivity index (χ0v) is 14.4. The Kier molecular flexibility index (Phi) is 4.19. The molecule has 0 fully saturated rings. The molecule has 1 aromatic carbocycles. The molecule has 1 aromatic heterocycles. The van der Waals surface area contributed by atoms with Gasteiger partial charge < -0.3 is 9.26 Å². The molecule has 0 saturated carbocycles. The summed E-state index contributed by atoms with van der Waals surface area (Å²) in [5.74, 6) is 0.811. The molecule has 22 heavy (non-hydrogen) atoms. The van der Waals surface area contributed by atoms with Crippen molar-refractivity contribution in [3.63, 3.8) is 0 Å². The molecule has 0 unspecified atom stereocenters. The summed E-state index contributed by atoms with van der Waals surface area (Å²) in [5, 5.41) is 3.76. The van der Waals surface area contributed by atoms with Crippen molar-refractivity contribution in [2.75, 3.05) is 11.8 Å². The number of benzene rings is 1. The number of aromatic nitrogens is 1. The third kappa shape index (κ3) is 2.68. The third-order valence-corrected chi connectivity index (χ3v) is 5.47. The lowest BCUT2D eigenvalue weighted by atomic mass is 10.1. The van der Waals surface area contributed by atoms with Gasteiger partial charge in [0.2, 0.25) is 5.88 Å². The van der Waals surface area contributed by atoms with Gasteiger partial charge in [-0.25, -0.2) is 13.1 Å². The van der Waals surface area contributed by atoms with E-state index in [0.29, 0.717) is 28.1 Å². The van der Waals surface area contributed by atoms with Crippen LogP contribution in [0.15, 0.2) is 15.5 Å². The summed E-state index contributed by atoms with van der Waals surface area (Å²) in [5.41, 5.74) is 3.37. The second-order valence-electron chi connectivity index (χ2n) is 5.30. The topological polar surface area (TPSA) is 81.4 Å². The summed E-state index contributed by atoms with van der Waals surface area (Å²) >= 11 is 0. The minimum Gasteiger partial charge on any atom is -0.496 e. The summed E-state index contributed by atoms with van der Waals surface area (Å²) in [6.07, 6.45) is 0. The Labute approximate surface area is 130 Å². The highest BCUT2D eigenvalue weighted by Gasteiger charge is 2.25. The van der Waals surface area contributed by atoms with Crippen LogP contribution in [-0.4, -0.2) is 20.7 Å². The van der Waals surface area contributed by atoms with Crippen LogP contribution in [-0.2, 0) is 10.0 Å². The lowest BCUT2D eigenvalue weighted by Gasteiger charge is -2.16. The Morgan fingerprint density at radius 1 is 1.09 bits per heavy atom. The van der Waals surface area contributed by atoms with Crippen LogP contribution in [0.1, 0.15) is 27.9 Å². The van der Waals surface area contributed by atoms with Crippen molar-refractivity contribution in [3.8, 4) is 5.75 Å². The molecular formula is C15H20N2O4S. The minimum atomic E-state index is -3.77. The van der Waals surface area contributed by atoms with Crippen LogP contribution in [0.25, 0.3) is 0 Å². The lowest BCUT2D eigenvalue weighted by Crippen LogP contribution is -2.16. The standard InChI is InChI=1S/C15H20N2O4S/c1-8-7-13(20-6)9(2)10(3)14(8)22(18,19)17-15-11(4)12(5)16-21-15/h7,17H,1-6H3. The van der Waals surface area contributed by atoms with Gasteiger partial charge in [0.1, 0.15) is 5.75 Å². The molecule has 7 heteroatoms. The molecule has 0 saturated heterocycles. The van der Waals surface area contributed by atoms with Crippen molar-refractivity contribution >= 4 is 15.9 Å². The maximum Gasteiger partial charge on any atom is 0.264 e. The van der Waals surface area contributed by atoms with Crippen molar-refractivity contribution in [1.29, 1.82) is 0 Å². The maximum absolute atomic E-state index is 12.7. The number of hydrogen-bond donors (Lipinski definition) is 1. The fourth-order valence-electron chi connectivity index (χ4n) is 2.33. The number of ether oxygens (including phenoxy) is 1. The van der Waals surface area contributed by atoms with E-state index in [2.05, 4.69) is 9.88 Å². The second-order valence-corrected chi connectivity index (χ2v) is 6.92. The highest BCUT2D eigenvalue weighted by molar-refractivity contribution is 7.92. The zero-order chi connectivity index (χ0) is 16.7. The largest absolute Gasteiger partial charge is 0.496 e. The van der Waals surface area contributed by atoms with Crippen molar-refractivity contribution in [2.24, 2.45) is 0 Å². The predicted octanol–water partition coefficient (Wildman–Crippen LogP) is 3.03. The van der Waals surface area contributed by atoms with Crippen molar-refractivity contribution in [1.82, 2.24) is 5.16 Å². The van der Waals surface area contributed by atoms with Crippen LogP contribution >= 0.6 is 0 Å². The van der Waals surface area contributed by atoms with Crippen molar-refractivity contribution in [2.45, 2.75) is 39.5 Å². The van der Waals surface area contributed by atoms with E-state index in [4.69, 9.17) is 9.26 Å². The van der Waals surface area contributed by atoms with E-state index >= 15 is 0 Å². The Bertz CT molecular complexity index is 823. The van der Waals surface area contributed by atoms with Gasteiger partial charge in [-0.15, -0.1) is 0 Å². The molecule has 0 aliphatic heterocycles. The normalized spacial score (nSPS) is 11.5. The molecule has 2 rings (SSSR count). The number of aryl methyl sites for hydroxylation is 2. The van der Waals surface area contributed by atoms with E-state index in [1.807, 2.05) is 6.92 Å². The molecule has 0 amide bonds. The van der Waals surface area contributed by atoms with Crippen LogP contribution in [0.4, 0.5) is 5.88 Å². The number of hydrogen-bond acceptors (Lipinski definition) is 5. The summed E-state index contributed by atoms with van der Waals surface area (Å²) in [6, 6.07) is 1.72. The molecule has 2 aromatic rings. The Hall–Kier alpha value is -2.02. The number of anilines is 1. The molecule has 0 atom stereocenters. The molecule has 0 aliphatic carbocycles. The van der Waals surface area contributed by atoms with E-state index < -0.39 is 10.0 Å². The third-order valence-electron chi connectivity index (χ3n) is 3.85. The first kappa shape index (κ1) is 16.4. The maximum atomic E-state index is 12.7. The average Bonchev–Trinajstić information content (AvgIpc) is 2.74. The van der Waals surface area contributed by atoms with Gasteiger partial charge in [0.05, 0.1) is 17.7 Å². The van der Waals surface area contributed by atoms with Gasteiger partial charge in [-0.1, -0.05) is 5.16 Å². The number of nitrogens with zero attached hydrogens (tertiary/aromatic N) is 1. The van der Waals surface area contributed by atoms with Crippen molar-refractivity contribution < 1.29 is 17.7 Å². The monoisotopic (exact) mass is 324 g/mol. The quantitative estimate of drug-likeness (QED) is 0.935. The van der Waals surface area contributed by atoms with E-state index in [1.165, 1.54) is 0 Å². The molecule has 1 N–H and O–H groups in total. The number of methoxy groups -OCH3 is 1. The molecular weight excluding hydrogens is 304 g/mol. The lowest BCUT2D eigenvalue weighted by molar-refractivity contribution is 0.410. The summed E-state index contributed by atoms with van der Waals surface area (Å²) < 4.78 is 38.2. The van der Waals surface area contributed by atoms with Crippen LogP contribution in [0.2, 0.25) is 0 Å². The Morgan fingerprint density at radius 2 is 1.73 bits per heavy atom. The van der Waals surface area contributed by atoms with Crippen LogP contribution in [0.3, 0.4) is 0 Å². The molecule has 120 valence electrons. The van der Waals surface area contributed by atoms with Gasteiger partial charge >= 0.3 is 0 Å². The first-order chi connectivity index (χ1) is 10.2. The van der Waals surface area contributed by atoms with E-state index in [9.17, 15) is 8.42 Å². The van der Waals surface area contributed by atoms with Gasteiger partial charge in [-0.2, -0.15) is 0 Å². The first-order valence-corrected chi connectivity index (χ1v) is 8.27. The molecule has 6 nitrogen and oxygen atoms in total. The van der Waals surface area contributed by atoms with Gasteiger partial charge in [0.15, 0.2) is 0 Å². The highest BCUT2D eigenvalue weighted by atomic mass is 32.2. The molecule has 1 heterocycles. The van der Waals surface area contributed by atoms with Crippen LogP contribution in [0.5, 0.6) is 5.75 Å². The van der Waals surface area contributed by atoms with Gasteiger partial charge in [-0.05, 0) is 57.4 Å². The average molecular weight is 324 g/mol.